The molecule has 1 saturated heterocycles. The molecular weight excluding hydrogens is 316 g/mol. The molecule has 1 heterocycles. The van der Waals surface area contributed by atoms with E-state index in [-0.39, 0.29) is 24.4 Å². The maximum atomic E-state index is 12.2. The lowest BCUT2D eigenvalue weighted by molar-refractivity contribution is -0.138. The van der Waals surface area contributed by atoms with E-state index in [1.54, 1.807) is 0 Å². The summed E-state index contributed by atoms with van der Waals surface area (Å²) >= 11 is 0. The van der Waals surface area contributed by atoms with Crippen LogP contribution in [-0.2, 0) is 19.2 Å². The molecule has 0 aromatic rings. The van der Waals surface area contributed by atoms with Crippen LogP contribution in [0.1, 0.15) is 33.1 Å². The van der Waals surface area contributed by atoms with Crippen molar-refractivity contribution in [1.29, 1.82) is 0 Å². The van der Waals surface area contributed by atoms with Crippen LogP contribution in [0.2, 0.25) is 0 Å². The second kappa shape index (κ2) is 9.86. The van der Waals surface area contributed by atoms with Crippen LogP contribution >= 0.6 is 0 Å². The van der Waals surface area contributed by atoms with Crippen molar-refractivity contribution in [2.24, 2.45) is 5.92 Å². The van der Waals surface area contributed by atoms with Crippen molar-refractivity contribution in [3.05, 3.63) is 0 Å². The summed E-state index contributed by atoms with van der Waals surface area (Å²) in [6.07, 6.45) is 2.10. The zero-order chi connectivity index (χ0) is 18.1. The van der Waals surface area contributed by atoms with Crippen LogP contribution < -0.4 is 21.3 Å². The first-order chi connectivity index (χ1) is 11.3. The Hall–Kier alpha value is -2.16. The van der Waals surface area contributed by atoms with E-state index in [2.05, 4.69) is 21.3 Å². The highest BCUT2D eigenvalue weighted by molar-refractivity contribution is 5.92. The van der Waals surface area contributed by atoms with E-state index >= 15 is 0 Å². The molecule has 24 heavy (non-hydrogen) atoms. The highest BCUT2D eigenvalue weighted by atomic mass is 16.4. The van der Waals surface area contributed by atoms with Crippen molar-refractivity contribution >= 4 is 23.7 Å². The summed E-state index contributed by atoms with van der Waals surface area (Å²) in [5, 5.41) is 18.8. The van der Waals surface area contributed by atoms with Gasteiger partial charge in [-0.05, 0) is 31.7 Å². The fraction of sp³-hybridized carbons (Fsp3) is 0.733. The van der Waals surface area contributed by atoms with Crippen LogP contribution in [0, 0.1) is 5.92 Å². The van der Waals surface area contributed by atoms with Gasteiger partial charge < -0.3 is 26.4 Å². The Morgan fingerprint density at radius 3 is 2.42 bits per heavy atom. The maximum absolute atomic E-state index is 12.2. The second-order valence-electron chi connectivity index (χ2n) is 6.23. The summed E-state index contributed by atoms with van der Waals surface area (Å²) in [5.41, 5.74) is 0. The van der Waals surface area contributed by atoms with E-state index in [0.29, 0.717) is 6.42 Å². The smallest absolute Gasteiger partial charge is 0.322 e. The van der Waals surface area contributed by atoms with Crippen LogP contribution in [0.3, 0.4) is 0 Å². The lowest BCUT2D eigenvalue weighted by atomic mass is 10.0. The number of aliphatic carboxylic acids is 1. The minimum atomic E-state index is -1.16. The van der Waals surface area contributed by atoms with E-state index in [4.69, 9.17) is 5.11 Å². The molecule has 2 atom stereocenters. The van der Waals surface area contributed by atoms with Crippen LogP contribution in [-0.4, -0.2) is 60.5 Å². The van der Waals surface area contributed by atoms with Crippen molar-refractivity contribution < 1.29 is 24.3 Å². The molecule has 0 aromatic heterocycles. The van der Waals surface area contributed by atoms with Gasteiger partial charge in [0.15, 0.2) is 0 Å². The van der Waals surface area contributed by atoms with Gasteiger partial charge in [-0.15, -0.1) is 0 Å². The number of nitrogens with one attached hydrogen (secondary N) is 4. The lowest BCUT2D eigenvalue weighted by Crippen LogP contribution is -2.53. The van der Waals surface area contributed by atoms with E-state index < -0.39 is 30.4 Å². The predicted molar refractivity (Wildman–Crippen MR) is 86.1 cm³/mol. The molecule has 0 radical (unpaired) electrons. The number of carboxylic acids is 1. The molecule has 1 aliphatic rings. The first-order valence-electron chi connectivity index (χ1n) is 8.09. The fourth-order valence-corrected chi connectivity index (χ4v) is 2.41. The van der Waals surface area contributed by atoms with Gasteiger partial charge in [0, 0.05) is 0 Å². The van der Waals surface area contributed by atoms with E-state index in [0.717, 1.165) is 19.4 Å². The van der Waals surface area contributed by atoms with Crippen molar-refractivity contribution in [3.63, 3.8) is 0 Å². The summed E-state index contributed by atoms with van der Waals surface area (Å²) in [6, 6.07) is -1.02. The molecule has 5 N–H and O–H groups in total. The molecule has 0 unspecified atom stereocenters. The SMILES string of the molecule is CC(C)C[C@H](NC(=O)[C@@H]1CCCN1)C(=O)NCC(=O)NCC(=O)O. The molecule has 0 saturated carbocycles. The van der Waals surface area contributed by atoms with E-state index in [1.807, 2.05) is 13.8 Å². The fourth-order valence-electron chi connectivity index (χ4n) is 2.41. The zero-order valence-electron chi connectivity index (χ0n) is 14.1. The third-order valence-electron chi connectivity index (χ3n) is 3.58. The maximum Gasteiger partial charge on any atom is 0.322 e. The number of carbonyl (C=O) groups excluding carboxylic acids is 3. The second-order valence-corrected chi connectivity index (χ2v) is 6.23. The topological polar surface area (TPSA) is 137 Å². The Balaban J connectivity index is 2.49. The summed E-state index contributed by atoms with van der Waals surface area (Å²) in [7, 11) is 0. The summed E-state index contributed by atoms with van der Waals surface area (Å²) < 4.78 is 0. The Kier molecular flexibility index (Phi) is 8.17. The van der Waals surface area contributed by atoms with Gasteiger partial charge in [-0.3, -0.25) is 19.2 Å². The molecule has 0 aliphatic carbocycles. The molecule has 9 nitrogen and oxygen atoms in total. The van der Waals surface area contributed by atoms with Crippen LogP contribution in [0.4, 0.5) is 0 Å². The normalized spacial score (nSPS) is 18.0. The molecule has 0 spiro atoms. The first-order valence-corrected chi connectivity index (χ1v) is 8.09. The lowest BCUT2D eigenvalue weighted by Gasteiger charge is -2.22. The summed E-state index contributed by atoms with van der Waals surface area (Å²) in [4.78, 5) is 46.2. The highest BCUT2D eigenvalue weighted by Crippen LogP contribution is 2.08. The quantitative estimate of drug-likeness (QED) is 0.349. The third kappa shape index (κ3) is 7.40. The molecule has 1 fully saturated rings. The Labute approximate surface area is 140 Å². The number of carboxylic acid groups (broad SMARTS) is 1. The van der Waals surface area contributed by atoms with Gasteiger partial charge in [0.25, 0.3) is 0 Å². The molecule has 0 bridgehead atoms. The Morgan fingerprint density at radius 1 is 1.17 bits per heavy atom. The van der Waals surface area contributed by atoms with Gasteiger partial charge in [0.2, 0.25) is 17.7 Å². The van der Waals surface area contributed by atoms with Gasteiger partial charge in [0.05, 0.1) is 12.6 Å². The standard InChI is InChI=1S/C15H26N4O5/c1-9(2)6-11(19-15(24)10-4-3-5-16-10)14(23)18-7-12(20)17-8-13(21)22/h9-11,16H,3-8H2,1-2H3,(H,17,20)(H,18,23)(H,19,24)(H,21,22)/t10-,11-/m0/s1. The van der Waals surface area contributed by atoms with Gasteiger partial charge in [0.1, 0.15) is 12.6 Å². The average Bonchev–Trinajstić information content (AvgIpc) is 3.03. The largest absolute Gasteiger partial charge is 0.480 e. The molecular formula is C15H26N4O5. The molecule has 3 amide bonds. The number of amides is 3. The van der Waals surface area contributed by atoms with Crippen LogP contribution in [0.5, 0.6) is 0 Å². The van der Waals surface area contributed by atoms with E-state index in [1.165, 1.54) is 0 Å². The van der Waals surface area contributed by atoms with Crippen LogP contribution in [0.25, 0.3) is 0 Å². The van der Waals surface area contributed by atoms with Crippen molar-refractivity contribution in [3.8, 4) is 0 Å². The number of hydrogen-bond acceptors (Lipinski definition) is 5. The first kappa shape index (κ1) is 19.9. The predicted octanol–water partition coefficient (Wildman–Crippen LogP) is -1.41. The van der Waals surface area contributed by atoms with E-state index in [9.17, 15) is 19.2 Å². The molecule has 1 rings (SSSR count). The van der Waals surface area contributed by atoms with Gasteiger partial charge in [-0.1, -0.05) is 13.8 Å². The molecule has 136 valence electrons. The van der Waals surface area contributed by atoms with Gasteiger partial charge in [-0.25, -0.2) is 0 Å². The molecule has 9 heteroatoms. The minimum absolute atomic E-state index is 0.179. The minimum Gasteiger partial charge on any atom is -0.480 e. The average molecular weight is 342 g/mol. The van der Waals surface area contributed by atoms with Crippen LogP contribution in [0.15, 0.2) is 0 Å². The van der Waals surface area contributed by atoms with Gasteiger partial charge in [-0.2, -0.15) is 0 Å². The molecule has 1 aliphatic heterocycles. The number of hydrogen-bond donors (Lipinski definition) is 5. The number of carbonyl (C=O) groups is 4. The summed E-state index contributed by atoms with van der Waals surface area (Å²) in [5.74, 6) is -2.26. The van der Waals surface area contributed by atoms with Gasteiger partial charge >= 0.3 is 5.97 Å². The highest BCUT2D eigenvalue weighted by Gasteiger charge is 2.27. The third-order valence-corrected chi connectivity index (χ3v) is 3.58. The van der Waals surface area contributed by atoms with Crippen molar-refractivity contribution in [1.82, 2.24) is 21.3 Å². The molecule has 0 aromatic carbocycles. The van der Waals surface area contributed by atoms with Crippen molar-refractivity contribution in [2.75, 3.05) is 19.6 Å². The summed E-state index contributed by atoms with van der Waals surface area (Å²) in [6.45, 7) is 3.80. The van der Waals surface area contributed by atoms with Crippen molar-refractivity contribution in [2.45, 2.75) is 45.2 Å². The monoisotopic (exact) mass is 342 g/mol. The number of rotatable bonds is 9. The zero-order valence-corrected chi connectivity index (χ0v) is 14.1. The Bertz CT molecular complexity index is 474. The Morgan fingerprint density at radius 2 is 1.88 bits per heavy atom.